The molecule has 0 aliphatic heterocycles. The fourth-order valence-corrected chi connectivity index (χ4v) is 4.38. The van der Waals surface area contributed by atoms with Gasteiger partial charge in [0.05, 0.1) is 0 Å². The van der Waals surface area contributed by atoms with E-state index in [0.717, 1.165) is 16.8 Å². The predicted molar refractivity (Wildman–Crippen MR) is 86.2 cm³/mol. The fraction of sp³-hybridized carbons (Fsp3) is 0.167. The number of hydrogen-bond donors (Lipinski definition) is 0. The van der Waals surface area contributed by atoms with E-state index in [1.807, 2.05) is 25.3 Å². The number of aromatic nitrogens is 1. The summed E-state index contributed by atoms with van der Waals surface area (Å²) in [6, 6.07) is 20.8. The van der Waals surface area contributed by atoms with Crippen LogP contribution in [-0.4, -0.2) is 19.9 Å². The van der Waals surface area contributed by atoms with Crippen LogP contribution in [0.2, 0.25) is 5.32 Å². The molecule has 3 aromatic rings. The summed E-state index contributed by atoms with van der Waals surface area (Å²) in [4.78, 5) is 4.44. The molecule has 0 aliphatic carbocycles. The number of benzene rings is 1. The Morgan fingerprint density at radius 3 is 2.48 bits per heavy atom. The molecule has 0 saturated carbocycles. The van der Waals surface area contributed by atoms with E-state index >= 15 is 0 Å². The average Bonchev–Trinajstić information content (AvgIpc) is 2.96. The van der Waals surface area contributed by atoms with Crippen molar-refractivity contribution < 1.29 is 4.42 Å². The Bertz CT molecular complexity index is 679. The van der Waals surface area contributed by atoms with Crippen molar-refractivity contribution in [2.45, 2.75) is 18.2 Å². The minimum absolute atomic E-state index is 0.307. The quantitative estimate of drug-likeness (QED) is 0.663. The van der Waals surface area contributed by atoms with Crippen molar-refractivity contribution in [3.63, 3.8) is 0 Å². The number of rotatable bonds is 5. The van der Waals surface area contributed by atoms with Crippen molar-refractivity contribution >= 4 is 19.5 Å². The zero-order valence-electron chi connectivity index (χ0n) is 11.9. The van der Waals surface area contributed by atoms with Gasteiger partial charge < -0.3 is 0 Å². The summed E-state index contributed by atoms with van der Waals surface area (Å²) in [6.45, 7) is 2.00. The molecular formula is C18H17NOSe. The Labute approximate surface area is 131 Å². The van der Waals surface area contributed by atoms with Crippen LogP contribution in [0.5, 0.6) is 0 Å². The van der Waals surface area contributed by atoms with Crippen LogP contribution in [0.25, 0.3) is 0 Å². The maximum absolute atomic E-state index is 5.88. The summed E-state index contributed by atoms with van der Waals surface area (Å²) in [5.41, 5.74) is 1.31. The third kappa shape index (κ3) is 3.63. The van der Waals surface area contributed by atoms with Gasteiger partial charge in [0.15, 0.2) is 0 Å². The SMILES string of the molecule is Cc1ccc([C@H](C[Se]c2ccccn2)c2ccccc2)o1. The first-order valence-corrected chi connectivity index (χ1v) is 9.05. The van der Waals surface area contributed by atoms with E-state index in [1.165, 1.54) is 10.2 Å². The molecule has 0 amide bonds. The fourth-order valence-electron chi connectivity index (χ4n) is 2.27. The van der Waals surface area contributed by atoms with Crippen molar-refractivity contribution in [2.75, 3.05) is 0 Å². The van der Waals surface area contributed by atoms with E-state index in [1.54, 1.807) is 0 Å². The topological polar surface area (TPSA) is 26.0 Å². The molecule has 0 N–H and O–H groups in total. The Morgan fingerprint density at radius 2 is 1.81 bits per heavy atom. The Kier molecular flexibility index (Phi) is 4.54. The predicted octanol–water partition coefficient (Wildman–Crippen LogP) is 3.56. The van der Waals surface area contributed by atoms with Crippen molar-refractivity contribution in [2.24, 2.45) is 0 Å². The third-order valence-electron chi connectivity index (χ3n) is 3.34. The minimum atomic E-state index is 0.307. The number of furan rings is 1. The number of hydrogen-bond acceptors (Lipinski definition) is 2. The van der Waals surface area contributed by atoms with E-state index < -0.39 is 0 Å². The molecular weight excluding hydrogens is 325 g/mol. The third-order valence-corrected chi connectivity index (χ3v) is 5.52. The molecule has 3 heteroatoms. The van der Waals surface area contributed by atoms with Crippen LogP contribution in [0, 0.1) is 6.92 Å². The molecule has 1 aromatic carbocycles. The maximum atomic E-state index is 5.88. The van der Waals surface area contributed by atoms with E-state index in [-0.39, 0.29) is 0 Å². The molecule has 0 bridgehead atoms. The molecule has 0 spiro atoms. The second-order valence-corrected chi connectivity index (χ2v) is 7.07. The van der Waals surface area contributed by atoms with Gasteiger partial charge >= 0.3 is 131 Å². The van der Waals surface area contributed by atoms with Crippen molar-refractivity contribution in [1.29, 1.82) is 0 Å². The van der Waals surface area contributed by atoms with Crippen LogP contribution in [-0.2, 0) is 0 Å². The zero-order valence-corrected chi connectivity index (χ0v) is 13.6. The summed E-state index contributed by atoms with van der Waals surface area (Å²) in [5, 5.41) is 1.06. The molecule has 0 saturated heterocycles. The standard InChI is InChI=1S/C18H17NOSe/c1-14-10-11-17(20-14)16(15-7-3-2-4-8-15)13-21-18-9-5-6-12-19-18/h2-12,16H,13H2,1H3/t16-/m1/s1. The van der Waals surface area contributed by atoms with Crippen molar-refractivity contribution in [3.05, 3.63) is 83.9 Å². The van der Waals surface area contributed by atoms with Crippen LogP contribution < -0.4 is 4.59 Å². The van der Waals surface area contributed by atoms with Gasteiger partial charge in [-0.3, -0.25) is 0 Å². The normalized spacial score (nSPS) is 12.2. The summed E-state index contributed by atoms with van der Waals surface area (Å²) >= 11 is 0.336. The molecule has 0 unspecified atom stereocenters. The summed E-state index contributed by atoms with van der Waals surface area (Å²) in [6.07, 6.45) is 1.87. The molecule has 106 valence electrons. The molecule has 1 atom stereocenters. The van der Waals surface area contributed by atoms with Gasteiger partial charge in [-0.25, -0.2) is 0 Å². The van der Waals surface area contributed by atoms with Gasteiger partial charge in [0, 0.05) is 0 Å². The molecule has 3 rings (SSSR count). The van der Waals surface area contributed by atoms with Gasteiger partial charge in [0.1, 0.15) is 0 Å². The Hall–Kier alpha value is -1.83. The molecule has 2 heterocycles. The van der Waals surface area contributed by atoms with E-state index in [2.05, 4.69) is 53.5 Å². The molecule has 0 radical (unpaired) electrons. The second-order valence-electron chi connectivity index (χ2n) is 4.89. The Morgan fingerprint density at radius 1 is 1.00 bits per heavy atom. The van der Waals surface area contributed by atoms with Crippen LogP contribution in [0.4, 0.5) is 0 Å². The zero-order chi connectivity index (χ0) is 14.5. The molecule has 2 aromatic heterocycles. The van der Waals surface area contributed by atoms with Crippen LogP contribution in [0.3, 0.4) is 0 Å². The number of aryl methyl sites for hydroxylation is 1. The van der Waals surface area contributed by atoms with Crippen LogP contribution in [0.15, 0.2) is 71.3 Å². The summed E-state index contributed by atoms with van der Waals surface area (Å²) in [7, 11) is 0. The van der Waals surface area contributed by atoms with Gasteiger partial charge in [-0.05, 0) is 0 Å². The average molecular weight is 342 g/mol. The second kappa shape index (κ2) is 6.75. The van der Waals surface area contributed by atoms with Gasteiger partial charge in [-0.1, -0.05) is 0 Å². The molecule has 21 heavy (non-hydrogen) atoms. The monoisotopic (exact) mass is 343 g/mol. The summed E-state index contributed by atoms with van der Waals surface area (Å²) in [5.74, 6) is 2.33. The number of nitrogens with zero attached hydrogens (tertiary/aromatic N) is 1. The van der Waals surface area contributed by atoms with Gasteiger partial charge in [-0.2, -0.15) is 0 Å². The van der Waals surface area contributed by atoms with Crippen LogP contribution >= 0.6 is 0 Å². The first kappa shape index (κ1) is 14.1. The van der Waals surface area contributed by atoms with Gasteiger partial charge in [0.2, 0.25) is 0 Å². The first-order chi connectivity index (χ1) is 10.3. The van der Waals surface area contributed by atoms with E-state index in [0.29, 0.717) is 20.9 Å². The van der Waals surface area contributed by atoms with Gasteiger partial charge in [0.25, 0.3) is 0 Å². The van der Waals surface area contributed by atoms with Gasteiger partial charge in [-0.15, -0.1) is 0 Å². The summed E-state index contributed by atoms with van der Waals surface area (Å²) < 4.78 is 7.07. The molecule has 0 aliphatic rings. The Balaban J connectivity index is 1.83. The van der Waals surface area contributed by atoms with E-state index in [9.17, 15) is 0 Å². The van der Waals surface area contributed by atoms with Crippen LogP contribution in [0.1, 0.15) is 23.0 Å². The molecule has 0 fully saturated rings. The van der Waals surface area contributed by atoms with Crippen molar-refractivity contribution in [3.8, 4) is 0 Å². The molecule has 2 nitrogen and oxygen atoms in total. The van der Waals surface area contributed by atoms with E-state index in [4.69, 9.17) is 4.42 Å². The number of pyridine rings is 1. The van der Waals surface area contributed by atoms with Crippen molar-refractivity contribution in [1.82, 2.24) is 4.98 Å². The first-order valence-electron chi connectivity index (χ1n) is 6.98.